The van der Waals surface area contributed by atoms with Crippen molar-refractivity contribution in [1.29, 1.82) is 0 Å². The zero-order valence-electron chi connectivity index (χ0n) is 18.3. The van der Waals surface area contributed by atoms with Crippen LogP contribution in [0.3, 0.4) is 0 Å². The number of thiazole rings is 1. The van der Waals surface area contributed by atoms with Crippen molar-refractivity contribution in [1.82, 2.24) is 0 Å². The van der Waals surface area contributed by atoms with Crippen LogP contribution in [0.2, 0.25) is 0 Å². The molecule has 2 heterocycles. The van der Waals surface area contributed by atoms with Crippen LogP contribution < -0.4 is 9.47 Å². The standard InChI is InChI=1S/C28H25N2O2S/c31-19-32-18-29-26-10-4-5-12-27(26)33-28(29)16-14-20-13-15-25-23(17-20)22-9-6-11-24(22)30(25)21-7-2-1-3-8-21/h1-5,7-8,10,12-17,19,22,24H,6,9,11,18H2/q+1. The van der Waals surface area contributed by atoms with Crippen LogP contribution >= 0.6 is 11.3 Å². The minimum Gasteiger partial charge on any atom is -0.407 e. The van der Waals surface area contributed by atoms with Gasteiger partial charge in [0.15, 0.2) is 0 Å². The fourth-order valence-corrected chi connectivity index (χ4v) is 6.54. The van der Waals surface area contributed by atoms with E-state index in [0.29, 0.717) is 18.4 Å². The molecular formula is C28H25N2O2S+. The summed E-state index contributed by atoms with van der Waals surface area (Å²) in [5.41, 5.74) is 6.39. The summed E-state index contributed by atoms with van der Waals surface area (Å²) in [7, 11) is 0. The van der Waals surface area contributed by atoms with Crippen molar-refractivity contribution in [3.63, 3.8) is 0 Å². The van der Waals surface area contributed by atoms with E-state index in [-0.39, 0.29) is 6.73 Å². The van der Waals surface area contributed by atoms with Gasteiger partial charge in [0.05, 0.1) is 0 Å². The molecule has 1 aromatic heterocycles. The third-order valence-electron chi connectivity index (χ3n) is 6.88. The molecule has 1 aliphatic heterocycles. The predicted octanol–water partition coefficient (Wildman–Crippen LogP) is 6.28. The Morgan fingerprint density at radius 2 is 1.85 bits per heavy atom. The number of benzene rings is 3. The van der Waals surface area contributed by atoms with E-state index in [1.54, 1.807) is 11.3 Å². The number of carbonyl (C=O) groups is 1. The molecule has 33 heavy (non-hydrogen) atoms. The number of fused-ring (bicyclic) bond motifs is 4. The highest BCUT2D eigenvalue weighted by Crippen LogP contribution is 2.52. The summed E-state index contributed by atoms with van der Waals surface area (Å²) < 4.78 is 8.31. The Hall–Kier alpha value is -3.44. The highest BCUT2D eigenvalue weighted by atomic mass is 32.1. The first-order valence-electron chi connectivity index (χ1n) is 11.5. The fourth-order valence-electron chi connectivity index (χ4n) is 5.49. The lowest BCUT2D eigenvalue weighted by Crippen LogP contribution is -2.36. The summed E-state index contributed by atoms with van der Waals surface area (Å²) in [5, 5.41) is 1.06. The average molecular weight is 454 g/mol. The first-order valence-corrected chi connectivity index (χ1v) is 12.3. The van der Waals surface area contributed by atoms with Gasteiger partial charge in [-0.3, -0.25) is 4.79 Å². The number of aromatic nitrogens is 1. The molecule has 0 radical (unpaired) electrons. The monoisotopic (exact) mass is 453 g/mol. The number of anilines is 2. The Bertz CT molecular complexity index is 1340. The lowest BCUT2D eigenvalue weighted by molar-refractivity contribution is -0.700. The van der Waals surface area contributed by atoms with E-state index >= 15 is 0 Å². The molecular weight excluding hydrogens is 428 g/mol. The molecule has 4 nitrogen and oxygen atoms in total. The normalized spacial score (nSPS) is 19.2. The molecule has 2 unspecified atom stereocenters. The Morgan fingerprint density at radius 1 is 1.00 bits per heavy atom. The van der Waals surface area contributed by atoms with Gasteiger partial charge in [0.25, 0.3) is 18.2 Å². The SMILES string of the molecule is O=COC[n+]1c(/C=C/c2ccc3c(c2)C2CCCC2N3c2ccccc2)sc2ccccc21. The van der Waals surface area contributed by atoms with Gasteiger partial charge in [-0.25, -0.2) is 0 Å². The number of hydrogen-bond donors (Lipinski definition) is 0. The number of hydrogen-bond acceptors (Lipinski definition) is 4. The third-order valence-corrected chi connectivity index (χ3v) is 8.01. The Balaban J connectivity index is 1.36. The summed E-state index contributed by atoms with van der Waals surface area (Å²) in [4.78, 5) is 13.4. The molecule has 0 amide bonds. The highest BCUT2D eigenvalue weighted by molar-refractivity contribution is 7.18. The van der Waals surface area contributed by atoms with Crippen molar-refractivity contribution in [3.8, 4) is 0 Å². The summed E-state index contributed by atoms with van der Waals surface area (Å²) in [6, 6.07) is 26.4. The van der Waals surface area contributed by atoms with Crippen molar-refractivity contribution < 1.29 is 14.1 Å². The van der Waals surface area contributed by atoms with Crippen LogP contribution in [0.5, 0.6) is 0 Å². The second-order valence-electron chi connectivity index (χ2n) is 8.69. The molecule has 1 saturated carbocycles. The second-order valence-corrected chi connectivity index (χ2v) is 9.75. The van der Waals surface area contributed by atoms with Gasteiger partial charge in [-0.1, -0.05) is 54.2 Å². The van der Waals surface area contributed by atoms with Gasteiger partial charge in [-0.2, -0.15) is 0 Å². The van der Waals surface area contributed by atoms with Crippen LogP contribution in [0.1, 0.15) is 41.3 Å². The molecule has 0 saturated heterocycles. The molecule has 0 bridgehead atoms. The minimum atomic E-state index is 0.215. The van der Waals surface area contributed by atoms with E-state index in [4.69, 9.17) is 4.74 Å². The van der Waals surface area contributed by atoms with Crippen molar-refractivity contribution in [2.24, 2.45) is 0 Å². The largest absolute Gasteiger partial charge is 0.407 e. The van der Waals surface area contributed by atoms with Crippen LogP contribution in [0, 0.1) is 0 Å². The Kier molecular flexibility index (Phi) is 5.19. The number of nitrogens with zero attached hydrogens (tertiary/aromatic N) is 2. The Morgan fingerprint density at radius 3 is 2.73 bits per heavy atom. The molecule has 4 aromatic rings. The van der Waals surface area contributed by atoms with Crippen LogP contribution in [0.4, 0.5) is 11.4 Å². The minimum absolute atomic E-state index is 0.215. The van der Waals surface area contributed by atoms with Crippen LogP contribution in [0.15, 0.2) is 72.8 Å². The molecule has 1 aliphatic carbocycles. The molecule has 3 aromatic carbocycles. The maximum Gasteiger partial charge on any atom is 0.297 e. The van der Waals surface area contributed by atoms with Crippen LogP contribution in [-0.2, 0) is 16.3 Å². The van der Waals surface area contributed by atoms with Crippen molar-refractivity contribution in [2.45, 2.75) is 38.0 Å². The van der Waals surface area contributed by atoms with Crippen LogP contribution in [-0.4, -0.2) is 12.5 Å². The molecule has 6 rings (SSSR count). The van der Waals surface area contributed by atoms with E-state index in [2.05, 4.69) is 77.7 Å². The first kappa shape index (κ1) is 20.2. The molecule has 164 valence electrons. The zero-order valence-corrected chi connectivity index (χ0v) is 19.1. The number of carbonyl (C=O) groups excluding carboxylic acids is 1. The molecule has 2 atom stereocenters. The summed E-state index contributed by atoms with van der Waals surface area (Å²) in [6.45, 7) is 0.719. The summed E-state index contributed by atoms with van der Waals surface area (Å²) in [5.74, 6) is 0.601. The fraction of sp³-hybridized carbons (Fsp3) is 0.214. The zero-order chi connectivity index (χ0) is 22.2. The van der Waals surface area contributed by atoms with Crippen molar-refractivity contribution in [3.05, 3.63) is 88.9 Å². The highest BCUT2D eigenvalue weighted by Gasteiger charge is 2.41. The molecule has 0 spiro atoms. The van der Waals surface area contributed by atoms with E-state index in [0.717, 1.165) is 10.5 Å². The van der Waals surface area contributed by atoms with Gasteiger partial charge < -0.3 is 9.64 Å². The number of rotatable bonds is 6. The van der Waals surface area contributed by atoms with Crippen LogP contribution in [0.25, 0.3) is 22.4 Å². The average Bonchev–Trinajstić information content (AvgIpc) is 3.54. The van der Waals surface area contributed by atoms with E-state index in [1.807, 2.05) is 16.7 Å². The maximum absolute atomic E-state index is 10.8. The van der Waals surface area contributed by atoms with E-state index in [9.17, 15) is 4.79 Å². The maximum atomic E-state index is 10.8. The number of ether oxygens (including phenoxy) is 1. The van der Waals surface area contributed by atoms with Gasteiger partial charge in [0.1, 0.15) is 4.70 Å². The van der Waals surface area contributed by atoms with Gasteiger partial charge in [0, 0.05) is 35.5 Å². The lowest BCUT2D eigenvalue weighted by Gasteiger charge is -2.27. The quantitative estimate of drug-likeness (QED) is 0.255. The molecule has 5 heteroatoms. The second kappa shape index (κ2) is 8.49. The molecule has 1 fully saturated rings. The Labute approximate surface area is 197 Å². The summed E-state index contributed by atoms with van der Waals surface area (Å²) in [6.07, 6.45) is 8.11. The van der Waals surface area contributed by atoms with Gasteiger partial charge in [0.2, 0.25) is 5.52 Å². The number of para-hydroxylation sites is 2. The smallest absolute Gasteiger partial charge is 0.297 e. The van der Waals surface area contributed by atoms with Gasteiger partial charge in [-0.15, -0.1) is 4.57 Å². The topological polar surface area (TPSA) is 33.4 Å². The predicted molar refractivity (Wildman–Crippen MR) is 133 cm³/mol. The molecule has 2 aliphatic rings. The first-order chi connectivity index (χ1) is 16.3. The lowest BCUT2D eigenvalue weighted by atomic mass is 9.96. The summed E-state index contributed by atoms with van der Waals surface area (Å²) >= 11 is 1.70. The van der Waals surface area contributed by atoms with Crippen molar-refractivity contribution in [2.75, 3.05) is 4.90 Å². The third kappa shape index (κ3) is 3.53. The molecule has 0 N–H and O–H groups in total. The van der Waals surface area contributed by atoms with E-state index < -0.39 is 0 Å². The van der Waals surface area contributed by atoms with Gasteiger partial charge in [-0.05, 0) is 60.4 Å². The van der Waals surface area contributed by atoms with Gasteiger partial charge >= 0.3 is 0 Å². The van der Waals surface area contributed by atoms with Crippen molar-refractivity contribution >= 4 is 51.6 Å². The van der Waals surface area contributed by atoms with E-state index in [1.165, 1.54) is 46.5 Å².